The minimum atomic E-state index is -0.168. The Morgan fingerprint density at radius 2 is 1.41 bits per heavy atom. The van der Waals surface area contributed by atoms with Crippen LogP contribution in [0.25, 0.3) is 0 Å². The molecule has 1 aliphatic rings. The van der Waals surface area contributed by atoms with Gasteiger partial charge in [-0.2, -0.15) is 0 Å². The summed E-state index contributed by atoms with van der Waals surface area (Å²) in [6.45, 7) is 18.0. The van der Waals surface area contributed by atoms with E-state index in [9.17, 15) is 9.59 Å². The van der Waals surface area contributed by atoms with Crippen LogP contribution in [0.3, 0.4) is 0 Å². The number of benzene rings is 2. The zero-order valence-corrected chi connectivity index (χ0v) is 28.6. The van der Waals surface area contributed by atoms with Crippen LogP contribution in [-0.2, 0) is 14.3 Å². The van der Waals surface area contributed by atoms with E-state index in [1.165, 1.54) is 12.8 Å². The first-order valence-electron chi connectivity index (χ1n) is 17.0. The van der Waals surface area contributed by atoms with Crippen LogP contribution in [0, 0.1) is 27.7 Å². The Balaban J connectivity index is 1.46. The van der Waals surface area contributed by atoms with Gasteiger partial charge in [0, 0.05) is 25.0 Å². The average molecular weight is 608 g/mol. The first-order valence-corrected chi connectivity index (χ1v) is 17.0. The van der Waals surface area contributed by atoms with Crippen molar-refractivity contribution in [2.24, 2.45) is 0 Å². The molecule has 0 radical (unpaired) electrons. The lowest BCUT2D eigenvalue weighted by molar-refractivity contribution is -0.919. The number of unbranched alkanes of at least 4 members (excludes halogenated alkanes) is 4. The van der Waals surface area contributed by atoms with Crippen LogP contribution < -0.4 is 10.6 Å². The molecule has 44 heavy (non-hydrogen) atoms. The highest BCUT2D eigenvalue weighted by atomic mass is 16.5. The molecule has 2 amide bonds. The molecular weight excluding hydrogens is 548 g/mol. The molecule has 0 saturated carbocycles. The normalized spacial score (nSPS) is 18.5. The number of anilines is 2. The van der Waals surface area contributed by atoms with Gasteiger partial charge in [0.1, 0.15) is 0 Å². The van der Waals surface area contributed by atoms with Crippen molar-refractivity contribution in [3.63, 3.8) is 0 Å². The second-order valence-electron chi connectivity index (χ2n) is 13.0. The van der Waals surface area contributed by atoms with Gasteiger partial charge in [0.05, 0.1) is 31.8 Å². The summed E-state index contributed by atoms with van der Waals surface area (Å²) in [6, 6.07) is 12.1. The number of likely N-dealkylation sites (tertiary alicyclic amines) is 1. The van der Waals surface area contributed by atoms with E-state index in [1.807, 2.05) is 38.1 Å². The number of amides is 2. The van der Waals surface area contributed by atoms with E-state index in [0.717, 1.165) is 109 Å². The summed E-state index contributed by atoms with van der Waals surface area (Å²) in [5, 5.41) is 6.45. The molecule has 0 aromatic heterocycles. The number of quaternary nitrogens is 1. The maximum absolute atomic E-state index is 13.5. The molecule has 1 fully saturated rings. The fourth-order valence-electron chi connectivity index (χ4n) is 6.91. The maximum atomic E-state index is 13.5. The van der Waals surface area contributed by atoms with Crippen LogP contribution in [0.15, 0.2) is 36.4 Å². The number of likely N-dealkylation sites (N-methyl/N-ethyl adjacent to an activating group) is 1. The molecule has 1 saturated heterocycles. The summed E-state index contributed by atoms with van der Waals surface area (Å²) in [5.74, 6) is 0.196. The summed E-state index contributed by atoms with van der Waals surface area (Å²) in [7, 11) is 1.75. The number of hydrogen-bond donors (Lipinski definition) is 2. The first-order chi connectivity index (χ1) is 21.1. The standard InChI is InChI=1S/C37H58N4O3/c1-8-24-41(9-2,27-34(42)38-35-28(3)17-15-18-29(35)4)25-14-12-10-11-13-22-40-23-21-32(44-7)26-33(40)37(43)39-36-30(5)19-16-20-31(36)6/h15-20,32-33H,8-14,21-27H2,1-7H3,(H-,38,39,42,43)/p+1/t32?,33-,41?/m1/s1. The van der Waals surface area contributed by atoms with Gasteiger partial charge in [-0.25, -0.2) is 0 Å². The monoisotopic (exact) mass is 607 g/mol. The minimum absolute atomic E-state index is 0.0790. The van der Waals surface area contributed by atoms with E-state index in [2.05, 4.69) is 55.4 Å². The highest BCUT2D eigenvalue weighted by molar-refractivity contribution is 5.96. The lowest BCUT2D eigenvalue weighted by atomic mass is 9.97. The molecule has 7 heteroatoms. The van der Waals surface area contributed by atoms with Gasteiger partial charge in [-0.05, 0) is 102 Å². The zero-order valence-electron chi connectivity index (χ0n) is 28.6. The summed E-state index contributed by atoms with van der Waals surface area (Å²) >= 11 is 0. The predicted octanol–water partition coefficient (Wildman–Crippen LogP) is 7.17. The van der Waals surface area contributed by atoms with Crippen molar-refractivity contribution >= 4 is 23.2 Å². The molecular formula is C37H59N4O3+. The summed E-state index contributed by atoms with van der Waals surface area (Å²) in [6.07, 6.45) is 8.63. The average Bonchev–Trinajstić information content (AvgIpc) is 3.00. The Morgan fingerprint density at radius 1 is 0.841 bits per heavy atom. The summed E-state index contributed by atoms with van der Waals surface area (Å²) in [4.78, 5) is 29.0. The van der Waals surface area contributed by atoms with Crippen LogP contribution in [0.2, 0.25) is 0 Å². The smallest absolute Gasteiger partial charge is 0.279 e. The minimum Gasteiger partial charge on any atom is -0.381 e. The van der Waals surface area contributed by atoms with Crippen molar-refractivity contribution in [2.45, 2.75) is 105 Å². The number of nitrogens with zero attached hydrogens (tertiary/aromatic N) is 2. The molecule has 0 bridgehead atoms. The molecule has 2 unspecified atom stereocenters. The van der Waals surface area contributed by atoms with E-state index in [-0.39, 0.29) is 24.0 Å². The fourth-order valence-corrected chi connectivity index (χ4v) is 6.91. The molecule has 2 aromatic carbocycles. The van der Waals surface area contributed by atoms with E-state index in [1.54, 1.807) is 7.11 Å². The van der Waals surface area contributed by atoms with Gasteiger partial charge >= 0.3 is 0 Å². The van der Waals surface area contributed by atoms with Crippen molar-refractivity contribution < 1.29 is 18.8 Å². The highest BCUT2D eigenvalue weighted by Gasteiger charge is 2.33. The largest absolute Gasteiger partial charge is 0.381 e. The van der Waals surface area contributed by atoms with Crippen LogP contribution in [-0.4, -0.2) is 79.7 Å². The Kier molecular flexibility index (Phi) is 14.4. The van der Waals surface area contributed by atoms with E-state index >= 15 is 0 Å². The van der Waals surface area contributed by atoms with Crippen molar-refractivity contribution in [1.29, 1.82) is 0 Å². The third kappa shape index (κ3) is 10.1. The van der Waals surface area contributed by atoms with Gasteiger partial charge in [0.15, 0.2) is 6.54 Å². The highest BCUT2D eigenvalue weighted by Crippen LogP contribution is 2.25. The topological polar surface area (TPSA) is 70.7 Å². The van der Waals surface area contributed by atoms with Gasteiger partial charge in [0.2, 0.25) is 5.91 Å². The Morgan fingerprint density at radius 3 is 1.98 bits per heavy atom. The van der Waals surface area contributed by atoms with Gasteiger partial charge in [-0.1, -0.05) is 56.2 Å². The fraction of sp³-hybridized carbons (Fsp3) is 0.622. The predicted molar refractivity (Wildman–Crippen MR) is 183 cm³/mol. The number of carbonyl (C=O) groups excluding carboxylic acids is 2. The Bertz CT molecular complexity index is 1170. The summed E-state index contributed by atoms with van der Waals surface area (Å²) < 4.78 is 6.52. The van der Waals surface area contributed by atoms with Gasteiger partial charge in [-0.15, -0.1) is 0 Å². The third-order valence-electron chi connectivity index (χ3n) is 9.70. The molecule has 2 N–H and O–H groups in total. The molecule has 1 heterocycles. The Hall–Kier alpha value is -2.74. The molecule has 7 nitrogen and oxygen atoms in total. The van der Waals surface area contributed by atoms with Crippen molar-refractivity contribution in [3.05, 3.63) is 58.7 Å². The van der Waals surface area contributed by atoms with Gasteiger partial charge in [0.25, 0.3) is 5.91 Å². The number of piperidine rings is 1. The lowest BCUT2D eigenvalue weighted by Crippen LogP contribution is -2.53. The van der Waals surface area contributed by atoms with Gasteiger partial charge in [-0.3, -0.25) is 14.5 Å². The molecule has 0 spiro atoms. The van der Waals surface area contributed by atoms with Crippen molar-refractivity contribution in [3.8, 4) is 0 Å². The second kappa shape index (κ2) is 17.7. The maximum Gasteiger partial charge on any atom is 0.279 e. The van der Waals surface area contributed by atoms with Crippen LogP contribution in [0.1, 0.15) is 87.5 Å². The molecule has 2 aromatic rings. The molecule has 1 aliphatic heterocycles. The number of para-hydroxylation sites is 2. The van der Waals surface area contributed by atoms with E-state index < -0.39 is 0 Å². The second-order valence-corrected chi connectivity index (χ2v) is 13.0. The lowest BCUT2D eigenvalue weighted by Gasteiger charge is -2.38. The molecule has 0 aliphatic carbocycles. The first kappa shape index (κ1) is 35.7. The van der Waals surface area contributed by atoms with Crippen molar-refractivity contribution in [1.82, 2.24) is 4.90 Å². The van der Waals surface area contributed by atoms with Crippen LogP contribution in [0.4, 0.5) is 11.4 Å². The number of hydrogen-bond acceptors (Lipinski definition) is 4. The number of aryl methyl sites for hydroxylation is 4. The zero-order chi connectivity index (χ0) is 32.1. The quantitative estimate of drug-likeness (QED) is 0.148. The molecule has 3 rings (SSSR count). The number of rotatable bonds is 17. The Labute approximate surface area is 267 Å². The SMILES string of the molecule is CCC[N+](CC)(CCCCCCCN1CCC(OC)C[C@@H]1C(=O)Nc1c(C)cccc1C)CC(=O)Nc1c(C)cccc1C. The molecule has 3 atom stereocenters. The number of ether oxygens (including phenoxy) is 1. The van der Waals surface area contributed by atoms with Crippen LogP contribution in [0.5, 0.6) is 0 Å². The molecule has 244 valence electrons. The summed E-state index contributed by atoms with van der Waals surface area (Å²) in [5.41, 5.74) is 6.30. The van der Waals surface area contributed by atoms with Gasteiger partial charge < -0.3 is 19.9 Å². The van der Waals surface area contributed by atoms with E-state index in [4.69, 9.17) is 4.74 Å². The van der Waals surface area contributed by atoms with E-state index in [0.29, 0.717) is 6.54 Å². The van der Waals surface area contributed by atoms with Crippen LogP contribution >= 0.6 is 0 Å². The number of carbonyl (C=O) groups is 2. The number of nitrogens with one attached hydrogen (secondary N) is 2. The third-order valence-corrected chi connectivity index (χ3v) is 9.70. The van der Waals surface area contributed by atoms with Crippen molar-refractivity contribution in [2.75, 3.05) is 57.0 Å². The number of methoxy groups -OCH3 is 1.